The average molecular weight is 252 g/mol. The molecule has 2 heteroatoms. The Labute approximate surface area is 114 Å². The molecule has 2 atom stereocenters. The van der Waals surface area contributed by atoms with Crippen molar-refractivity contribution in [2.24, 2.45) is 11.8 Å². The Balaban J connectivity index is 1.95. The van der Waals surface area contributed by atoms with E-state index in [0.29, 0.717) is 5.54 Å². The number of hydrogen-bond acceptors (Lipinski definition) is 2. The summed E-state index contributed by atoms with van der Waals surface area (Å²) in [5.74, 6) is 1.70. The molecule has 106 valence electrons. The SMILES string of the molecule is CCN1CCCC(CC2(C(C)C)CCCCN2)C1. The lowest BCUT2D eigenvalue weighted by Crippen LogP contribution is -2.54. The highest BCUT2D eigenvalue weighted by Crippen LogP contribution is 2.35. The van der Waals surface area contributed by atoms with Crippen molar-refractivity contribution in [3.63, 3.8) is 0 Å². The van der Waals surface area contributed by atoms with Gasteiger partial charge in [0.1, 0.15) is 0 Å². The van der Waals surface area contributed by atoms with Crippen LogP contribution >= 0.6 is 0 Å². The van der Waals surface area contributed by atoms with E-state index in [1.165, 1.54) is 64.7 Å². The van der Waals surface area contributed by atoms with Crippen molar-refractivity contribution in [1.29, 1.82) is 0 Å². The largest absolute Gasteiger partial charge is 0.311 e. The maximum absolute atomic E-state index is 3.89. The van der Waals surface area contributed by atoms with Crippen LogP contribution in [-0.2, 0) is 0 Å². The molecule has 0 aromatic rings. The summed E-state index contributed by atoms with van der Waals surface area (Å²) in [7, 11) is 0. The van der Waals surface area contributed by atoms with E-state index in [2.05, 4.69) is 31.0 Å². The predicted molar refractivity (Wildman–Crippen MR) is 78.9 cm³/mol. The Morgan fingerprint density at radius 3 is 2.72 bits per heavy atom. The number of rotatable bonds is 4. The summed E-state index contributed by atoms with van der Waals surface area (Å²) in [6.45, 7) is 12.3. The van der Waals surface area contributed by atoms with Crippen LogP contribution < -0.4 is 5.32 Å². The monoisotopic (exact) mass is 252 g/mol. The second kappa shape index (κ2) is 6.38. The molecule has 0 radical (unpaired) electrons. The van der Waals surface area contributed by atoms with E-state index in [4.69, 9.17) is 0 Å². The Bertz CT molecular complexity index is 243. The van der Waals surface area contributed by atoms with Gasteiger partial charge in [0.05, 0.1) is 0 Å². The molecule has 2 nitrogen and oxygen atoms in total. The maximum Gasteiger partial charge on any atom is 0.0207 e. The molecular formula is C16H32N2. The van der Waals surface area contributed by atoms with Gasteiger partial charge in [0.15, 0.2) is 0 Å². The molecule has 2 saturated heterocycles. The van der Waals surface area contributed by atoms with Gasteiger partial charge in [0.2, 0.25) is 0 Å². The molecule has 2 rings (SSSR count). The Morgan fingerprint density at radius 2 is 2.11 bits per heavy atom. The molecular weight excluding hydrogens is 220 g/mol. The minimum atomic E-state index is 0.444. The second-order valence-corrected chi connectivity index (χ2v) is 6.80. The number of nitrogens with one attached hydrogen (secondary N) is 1. The highest BCUT2D eigenvalue weighted by atomic mass is 15.1. The fourth-order valence-corrected chi connectivity index (χ4v) is 4.01. The van der Waals surface area contributed by atoms with Gasteiger partial charge in [0.25, 0.3) is 0 Å². The Morgan fingerprint density at radius 1 is 1.28 bits per heavy atom. The lowest BCUT2D eigenvalue weighted by molar-refractivity contribution is 0.0997. The normalized spacial score (nSPS) is 35.0. The van der Waals surface area contributed by atoms with Gasteiger partial charge in [-0.1, -0.05) is 27.2 Å². The highest BCUT2D eigenvalue weighted by Gasteiger charge is 2.37. The van der Waals surface area contributed by atoms with Gasteiger partial charge < -0.3 is 10.2 Å². The van der Waals surface area contributed by atoms with Crippen LogP contribution in [0, 0.1) is 11.8 Å². The molecule has 0 aromatic heterocycles. The van der Waals surface area contributed by atoms with Crippen molar-refractivity contribution in [1.82, 2.24) is 10.2 Å². The Hall–Kier alpha value is -0.0800. The van der Waals surface area contributed by atoms with E-state index < -0.39 is 0 Å². The van der Waals surface area contributed by atoms with Crippen molar-refractivity contribution in [2.75, 3.05) is 26.2 Å². The van der Waals surface area contributed by atoms with Gasteiger partial charge in [-0.3, -0.25) is 0 Å². The number of nitrogens with zero attached hydrogens (tertiary/aromatic N) is 1. The van der Waals surface area contributed by atoms with Gasteiger partial charge in [-0.25, -0.2) is 0 Å². The smallest absolute Gasteiger partial charge is 0.0207 e. The van der Waals surface area contributed by atoms with Gasteiger partial charge in [0, 0.05) is 12.1 Å². The summed E-state index contributed by atoms with van der Waals surface area (Å²) in [6, 6.07) is 0. The summed E-state index contributed by atoms with van der Waals surface area (Å²) >= 11 is 0. The third-order valence-corrected chi connectivity index (χ3v) is 5.34. The first-order valence-corrected chi connectivity index (χ1v) is 8.13. The summed E-state index contributed by atoms with van der Waals surface area (Å²) in [5.41, 5.74) is 0.444. The third kappa shape index (κ3) is 3.27. The molecule has 0 amide bonds. The third-order valence-electron chi connectivity index (χ3n) is 5.34. The van der Waals surface area contributed by atoms with Crippen LogP contribution in [0.1, 0.15) is 59.3 Å². The first-order chi connectivity index (χ1) is 8.66. The van der Waals surface area contributed by atoms with E-state index in [1.54, 1.807) is 0 Å². The van der Waals surface area contributed by atoms with Crippen LogP contribution in [0.2, 0.25) is 0 Å². The minimum Gasteiger partial charge on any atom is -0.311 e. The standard InChI is InChI=1S/C16H32N2/c1-4-18-11-7-8-15(13-18)12-16(14(2)3)9-5-6-10-17-16/h14-15,17H,4-13H2,1-3H3. The zero-order chi connectivity index (χ0) is 13.0. The van der Waals surface area contributed by atoms with Crippen LogP contribution in [0.4, 0.5) is 0 Å². The molecule has 2 aliphatic rings. The molecule has 0 aliphatic carbocycles. The van der Waals surface area contributed by atoms with Crippen LogP contribution in [0.5, 0.6) is 0 Å². The zero-order valence-corrected chi connectivity index (χ0v) is 12.7. The van der Waals surface area contributed by atoms with Crippen LogP contribution in [0.25, 0.3) is 0 Å². The predicted octanol–water partition coefficient (Wildman–Crippen LogP) is 3.28. The van der Waals surface area contributed by atoms with Crippen molar-refractivity contribution >= 4 is 0 Å². The van der Waals surface area contributed by atoms with Gasteiger partial charge >= 0.3 is 0 Å². The zero-order valence-electron chi connectivity index (χ0n) is 12.7. The number of piperidine rings is 2. The molecule has 0 aromatic carbocycles. The number of hydrogen-bond donors (Lipinski definition) is 1. The molecule has 2 unspecified atom stereocenters. The van der Waals surface area contributed by atoms with Gasteiger partial charge in [-0.05, 0) is 63.6 Å². The number of likely N-dealkylation sites (tertiary alicyclic amines) is 1. The van der Waals surface area contributed by atoms with E-state index in [0.717, 1.165) is 11.8 Å². The lowest BCUT2D eigenvalue weighted by atomic mass is 9.72. The quantitative estimate of drug-likeness (QED) is 0.826. The molecule has 0 bridgehead atoms. The Kier molecular flexibility index (Phi) is 5.08. The minimum absolute atomic E-state index is 0.444. The second-order valence-electron chi connectivity index (χ2n) is 6.80. The molecule has 18 heavy (non-hydrogen) atoms. The average Bonchev–Trinajstić information content (AvgIpc) is 2.40. The topological polar surface area (TPSA) is 15.3 Å². The molecule has 0 saturated carbocycles. The maximum atomic E-state index is 3.89. The van der Waals surface area contributed by atoms with Crippen molar-refractivity contribution in [3.8, 4) is 0 Å². The van der Waals surface area contributed by atoms with Gasteiger partial charge in [-0.15, -0.1) is 0 Å². The van der Waals surface area contributed by atoms with Crippen molar-refractivity contribution in [2.45, 2.75) is 64.8 Å². The van der Waals surface area contributed by atoms with Crippen molar-refractivity contribution in [3.05, 3.63) is 0 Å². The molecule has 2 fully saturated rings. The summed E-state index contributed by atoms with van der Waals surface area (Å²) in [4.78, 5) is 2.64. The highest BCUT2D eigenvalue weighted by molar-refractivity contribution is 4.96. The van der Waals surface area contributed by atoms with E-state index in [1.807, 2.05) is 0 Å². The van der Waals surface area contributed by atoms with Crippen LogP contribution in [0.3, 0.4) is 0 Å². The first-order valence-electron chi connectivity index (χ1n) is 8.13. The summed E-state index contributed by atoms with van der Waals surface area (Å²) < 4.78 is 0. The summed E-state index contributed by atoms with van der Waals surface area (Å²) in [5, 5.41) is 3.89. The first kappa shape index (κ1) is 14.3. The summed E-state index contributed by atoms with van der Waals surface area (Å²) in [6.07, 6.45) is 8.46. The van der Waals surface area contributed by atoms with Crippen LogP contribution in [0.15, 0.2) is 0 Å². The lowest BCUT2D eigenvalue weighted by Gasteiger charge is -2.46. The van der Waals surface area contributed by atoms with E-state index in [-0.39, 0.29) is 0 Å². The van der Waals surface area contributed by atoms with Crippen molar-refractivity contribution < 1.29 is 0 Å². The molecule has 2 aliphatic heterocycles. The van der Waals surface area contributed by atoms with E-state index in [9.17, 15) is 0 Å². The van der Waals surface area contributed by atoms with Gasteiger partial charge in [-0.2, -0.15) is 0 Å². The molecule has 2 heterocycles. The molecule has 1 N–H and O–H groups in total. The molecule has 0 spiro atoms. The van der Waals surface area contributed by atoms with Crippen LogP contribution in [-0.4, -0.2) is 36.6 Å². The fraction of sp³-hybridized carbons (Fsp3) is 1.00. The van der Waals surface area contributed by atoms with E-state index >= 15 is 0 Å². The fourth-order valence-electron chi connectivity index (χ4n) is 4.01.